The normalized spacial score (nSPS) is 10.6. The maximum Gasteiger partial charge on any atom is 0.273 e. The van der Waals surface area contributed by atoms with E-state index in [1.54, 1.807) is 24.6 Å². The smallest absolute Gasteiger partial charge is 0.273 e. The summed E-state index contributed by atoms with van der Waals surface area (Å²) in [5, 5.41) is 5.89. The van der Waals surface area contributed by atoms with Gasteiger partial charge in [-0.05, 0) is 42.8 Å². The topological polar surface area (TPSA) is 62.3 Å². The summed E-state index contributed by atoms with van der Waals surface area (Å²) < 4.78 is 0.940. The molecule has 0 saturated carbocycles. The van der Waals surface area contributed by atoms with Crippen molar-refractivity contribution in [3.8, 4) is 10.6 Å². The minimum atomic E-state index is -0.306. The van der Waals surface area contributed by atoms with Crippen LogP contribution in [-0.4, -0.2) is 35.3 Å². The van der Waals surface area contributed by atoms with Crippen LogP contribution in [0.1, 0.15) is 16.1 Å². The number of aryl methyl sites for hydroxylation is 1. The van der Waals surface area contributed by atoms with Crippen LogP contribution < -0.4 is 5.32 Å². The maximum absolute atomic E-state index is 12.6. The summed E-state index contributed by atoms with van der Waals surface area (Å²) in [5.74, 6) is -0.575. The molecular formula is C20H17BrClN3O2S. The standard InChI is InChI=1S/C20H17BrClN3O2S/c1-12-9-14(21)5-8-16(12)23-18(26)10-25(2)20(27)17-11-28-19(24-17)13-3-6-15(22)7-4-13/h3-9,11H,10H2,1-2H3,(H,23,26). The first kappa shape index (κ1) is 20.5. The predicted molar refractivity (Wildman–Crippen MR) is 117 cm³/mol. The molecule has 2 amide bonds. The molecule has 0 radical (unpaired) electrons. The zero-order valence-corrected chi connectivity index (χ0v) is 18.4. The first-order chi connectivity index (χ1) is 13.3. The van der Waals surface area contributed by atoms with Crippen molar-refractivity contribution in [1.29, 1.82) is 0 Å². The zero-order valence-electron chi connectivity index (χ0n) is 15.2. The molecule has 0 aliphatic carbocycles. The van der Waals surface area contributed by atoms with Gasteiger partial charge in [0.15, 0.2) is 0 Å². The number of hydrogen-bond acceptors (Lipinski definition) is 4. The second-order valence-electron chi connectivity index (χ2n) is 6.21. The van der Waals surface area contributed by atoms with Crippen molar-refractivity contribution in [3.63, 3.8) is 0 Å². The lowest BCUT2D eigenvalue weighted by atomic mass is 10.2. The van der Waals surface area contributed by atoms with E-state index in [0.29, 0.717) is 16.4 Å². The second-order valence-corrected chi connectivity index (χ2v) is 8.42. The summed E-state index contributed by atoms with van der Waals surface area (Å²) in [7, 11) is 1.58. The van der Waals surface area contributed by atoms with Crippen LogP contribution >= 0.6 is 38.9 Å². The highest BCUT2D eigenvalue weighted by molar-refractivity contribution is 9.10. The van der Waals surface area contributed by atoms with Gasteiger partial charge in [0.05, 0.1) is 6.54 Å². The number of nitrogens with one attached hydrogen (secondary N) is 1. The first-order valence-electron chi connectivity index (χ1n) is 8.36. The molecule has 1 aromatic heterocycles. The van der Waals surface area contributed by atoms with Crippen molar-refractivity contribution in [2.24, 2.45) is 0 Å². The van der Waals surface area contributed by atoms with Gasteiger partial charge in [-0.1, -0.05) is 39.7 Å². The summed E-state index contributed by atoms with van der Waals surface area (Å²) >= 11 is 10.7. The zero-order chi connectivity index (χ0) is 20.3. The van der Waals surface area contributed by atoms with E-state index in [-0.39, 0.29) is 18.4 Å². The average molecular weight is 479 g/mol. The van der Waals surface area contributed by atoms with Crippen molar-refractivity contribution < 1.29 is 9.59 Å². The van der Waals surface area contributed by atoms with E-state index < -0.39 is 0 Å². The number of carbonyl (C=O) groups excluding carboxylic acids is 2. The molecule has 0 saturated heterocycles. The van der Waals surface area contributed by atoms with E-state index in [0.717, 1.165) is 20.6 Å². The Bertz CT molecular complexity index is 1020. The summed E-state index contributed by atoms with van der Waals surface area (Å²) in [5.41, 5.74) is 2.85. The first-order valence-corrected chi connectivity index (χ1v) is 10.4. The molecule has 0 unspecified atom stereocenters. The Labute approximate surface area is 180 Å². The van der Waals surface area contributed by atoms with Crippen LogP contribution in [0.4, 0.5) is 5.69 Å². The number of thiazole rings is 1. The van der Waals surface area contributed by atoms with E-state index in [2.05, 4.69) is 26.2 Å². The van der Waals surface area contributed by atoms with E-state index in [9.17, 15) is 9.59 Å². The summed E-state index contributed by atoms with van der Waals surface area (Å²) in [6.07, 6.45) is 0. The van der Waals surface area contributed by atoms with E-state index in [1.807, 2.05) is 37.3 Å². The number of amides is 2. The van der Waals surface area contributed by atoms with Gasteiger partial charge in [-0.15, -0.1) is 11.3 Å². The molecular weight excluding hydrogens is 462 g/mol. The molecule has 0 fully saturated rings. The highest BCUT2D eigenvalue weighted by Gasteiger charge is 2.19. The molecule has 0 aliphatic heterocycles. The van der Waals surface area contributed by atoms with Crippen molar-refractivity contribution in [2.75, 3.05) is 18.9 Å². The monoisotopic (exact) mass is 477 g/mol. The lowest BCUT2D eigenvalue weighted by molar-refractivity contribution is -0.116. The molecule has 8 heteroatoms. The Balaban J connectivity index is 1.64. The van der Waals surface area contributed by atoms with Crippen LogP contribution in [0.2, 0.25) is 5.02 Å². The van der Waals surface area contributed by atoms with Crippen LogP contribution in [0.25, 0.3) is 10.6 Å². The largest absolute Gasteiger partial charge is 0.331 e. The number of halogens is 2. The number of rotatable bonds is 5. The van der Waals surface area contributed by atoms with Gasteiger partial charge in [0.2, 0.25) is 5.91 Å². The molecule has 1 heterocycles. The fourth-order valence-corrected chi connectivity index (χ4v) is 3.94. The van der Waals surface area contributed by atoms with Gasteiger partial charge in [-0.2, -0.15) is 0 Å². The fraction of sp³-hybridized carbons (Fsp3) is 0.150. The number of nitrogens with zero attached hydrogens (tertiary/aromatic N) is 2. The number of hydrogen-bond donors (Lipinski definition) is 1. The van der Waals surface area contributed by atoms with Crippen molar-refractivity contribution in [2.45, 2.75) is 6.92 Å². The highest BCUT2D eigenvalue weighted by Crippen LogP contribution is 2.25. The van der Waals surface area contributed by atoms with Crippen LogP contribution in [0.3, 0.4) is 0 Å². The summed E-state index contributed by atoms with van der Waals surface area (Å²) in [6, 6.07) is 12.8. The molecule has 0 spiro atoms. The number of likely N-dealkylation sites (N-methyl/N-ethyl adjacent to an activating group) is 1. The van der Waals surface area contributed by atoms with Gasteiger partial charge in [0, 0.05) is 33.2 Å². The summed E-state index contributed by atoms with van der Waals surface area (Å²) in [4.78, 5) is 30.7. The number of benzene rings is 2. The minimum Gasteiger partial charge on any atom is -0.331 e. The van der Waals surface area contributed by atoms with Gasteiger partial charge < -0.3 is 10.2 Å². The van der Waals surface area contributed by atoms with Crippen molar-refractivity contribution in [3.05, 3.63) is 68.6 Å². The maximum atomic E-state index is 12.6. The van der Waals surface area contributed by atoms with Crippen molar-refractivity contribution in [1.82, 2.24) is 9.88 Å². The Morgan fingerprint density at radius 3 is 2.61 bits per heavy atom. The van der Waals surface area contributed by atoms with Crippen LogP contribution in [0.15, 0.2) is 52.3 Å². The van der Waals surface area contributed by atoms with Gasteiger partial charge in [-0.3, -0.25) is 9.59 Å². The molecule has 144 valence electrons. The third kappa shape index (κ3) is 4.98. The van der Waals surface area contributed by atoms with E-state index in [1.165, 1.54) is 16.2 Å². The Morgan fingerprint density at radius 2 is 1.93 bits per heavy atom. The molecule has 1 N–H and O–H groups in total. The van der Waals surface area contributed by atoms with Gasteiger partial charge in [0.1, 0.15) is 10.7 Å². The second kappa shape index (κ2) is 8.86. The molecule has 28 heavy (non-hydrogen) atoms. The van der Waals surface area contributed by atoms with Gasteiger partial charge in [0.25, 0.3) is 5.91 Å². The lowest BCUT2D eigenvalue weighted by Gasteiger charge is -2.16. The molecule has 0 atom stereocenters. The number of carbonyl (C=O) groups is 2. The Kier molecular flexibility index (Phi) is 6.49. The molecule has 5 nitrogen and oxygen atoms in total. The number of aromatic nitrogens is 1. The van der Waals surface area contributed by atoms with Crippen LogP contribution in [-0.2, 0) is 4.79 Å². The Hall–Kier alpha value is -2.22. The number of anilines is 1. The summed E-state index contributed by atoms with van der Waals surface area (Å²) in [6.45, 7) is 1.84. The van der Waals surface area contributed by atoms with Crippen molar-refractivity contribution >= 4 is 56.4 Å². The molecule has 0 bridgehead atoms. The van der Waals surface area contributed by atoms with Gasteiger partial charge >= 0.3 is 0 Å². The third-order valence-corrected chi connectivity index (χ3v) is 5.64. The molecule has 3 aromatic rings. The third-order valence-electron chi connectivity index (χ3n) is 4.00. The molecule has 2 aromatic carbocycles. The van der Waals surface area contributed by atoms with E-state index >= 15 is 0 Å². The molecule has 0 aliphatic rings. The Morgan fingerprint density at radius 1 is 1.21 bits per heavy atom. The minimum absolute atomic E-state index is 0.0673. The van der Waals surface area contributed by atoms with Crippen LogP contribution in [0, 0.1) is 6.92 Å². The van der Waals surface area contributed by atoms with Crippen LogP contribution in [0.5, 0.6) is 0 Å². The SMILES string of the molecule is Cc1cc(Br)ccc1NC(=O)CN(C)C(=O)c1csc(-c2ccc(Cl)cc2)n1. The average Bonchev–Trinajstić information content (AvgIpc) is 3.14. The van der Waals surface area contributed by atoms with Gasteiger partial charge in [-0.25, -0.2) is 4.98 Å². The predicted octanol–water partition coefficient (Wildman–Crippen LogP) is 5.25. The molecule has 3 rings (SSSR count). The lowest BCUT2D eigenvalue weighted by Crippen LogP contribution is -2.35. The van der Waals surface area contributed by atoms with E-state index in [4.69, 9.17) is 11.6 Å². The highest BCUT2D eigenvalue weighted by atomic mass is 79.9. The fourth-order valence-electron chi connectivity index (χ4n) is 2.54. The quantitative estimate of drug-likeness (QED) is 0.545.